The standard InChI is InChI=1S/C14H15N5O2/c20-14-19(6-7-21-14)10-3-5-18(8-10)13-11-2-1-4-15-12(11)16-9-17-13/h1-2,4,9-10H,3,5-8H2. The van der Waals surface area contributed by atoms with E-state index >= 15 is 0 Å². The molecule has 21 heavy (non-hydrogen) atoms. The van der Waals surface area contributed by atoms with Crippen LogP contribution in [0.5, 0.6) is 0 Å². The molecule has 1 atom stereocenters. The molecule has 2 aliphatic rings. The number of carbonyl (C=O) groups excluding carboxylic acids is 1. The maximum atomic E-state index is 11.7. The predicted octanol–water partition coefficient (Wildman–Crippen LogP) is 1.06. The smallest absolute Gasteiger partial charge is 0.410 e. The summed E-state index contributed by atoms with van der Waals surface area (Å²) in [6.07, 6.45) is 4.01. The number of hydrogen-bond donors (Lipinski definition) is 0. The Hall–Kier alpha value is -2.44. The molecule has 2 aromatic rings. The van der Waals surface area contributed by atoms with Crippen LogP contribution in [0.25, 0.3) is 11.0 Å². The third-order valence-electron chi connectivity index (χ3n) is 4.08. The van der Waals surface area contributed by atoms with Crippen LogP contribution < -0.4 is 4.90 Å². The van der Waals surface area contributed by atoms with Gasteiger partial charge in [-0.25, -0.2) is 19.7 Å². The lowest BCUT2D eigenvalue weighted by molar-refractivity contribution is 0.150. The average Bonchev–Trinajstić information content (AvgIpc) is 3.15. The Morgan fingerprint density at radius 1 is 1.24 bits per heavy atom. The van der Waals surface area contributed by atoms with Crippen molar-refractivity contribution in [1.82, 2.24) is 19.9 Å². The zero-order chi connectivity index (χ0) is 14.2. The first-order valence-electron chi connectivity index (χ1n) is 7.07. The van der Waals surface area contributed by atoms with E-state index in [2.05, 4.69) is 19.9 Å². The second-order valence-corrected chi connectivity index (χ2v) is 5.27. The van der Waals surface area contributed by atoms with Crippen LogP contribution in [0.4, 0.5) is 10.6 Å². The van der Waals surface area contributed by atoms with Crippen molar-refractivity contribution in [2.24, 2.45) is 0 Å². The van der Waals surface area contributed by atoms with Crippen molar-refractivity contribution in [1.29, 1.82) is 0 Å². The van der Waals surface area contributed by atoms with Gasteiger partial charge >= 0.3 is 6.09 Å². The molecule has 0 bridgehead atoms. The quantitative estimate of drug-likeness (QED) is 0.821. The van der Waals surface area contributed by atoms with Gasteiger partial charge in [0.25, 0.3) is 0 Å². The Labute approximate surface area is 121 Å². The van der Waals surface area contributed by atoms with Gasteiger partial charge in [-0.15, -0.1) is 0 Å². The second-order valence-electron chi connectivity index (χ2n) is 5.27. The number of pyridine rings is 1. The maximum Gasteiger partial charge on any atom is 0.410 e. The summed E-state index contributed by atoms with van der Waals surface area (Å²) >= 11 is 0. The molecule has 4 rings (SSSR count). The molecule has 2 aromatic heterocycles. The lowest BCUT2D eigenvalue weighted by Crippen LogP contribution is -2.38. The molecule has 2 aliphatic heterocycles. The Morgan fingerprint density at radius 3 is 3.05 bits per heavy atom. The molecule has 108 valence electrons. The summed E-state index contributed by atoms with van der Waals surface area (Å²) in [5, 5.41) is 0.949. The molecule has 4 heterocycles. The SMILES string of the molecule is O=C1OCCN1C1CCN(c2ncnc3ncccc23)C1. The zero-order valence-electron chi connectivity index (χ0n) is 11.5. The number of rotatable bonds is 2. The van der Waals surface area contributed by atoms with Crippen molar-refractivity contribution in [3.63, 3.8) is 0 Å². The van der Waals surface area contributed by atoms with Crippen LogP contribution >= 0.6 is 0 Å². The number of cyclic esters (lactones) is 1. The number of nitrogens with zero attached hydrogens (tertiary/aromatic N) is 5. The van der Waals surface area contributed by atoms with Crippen LogP contribution in [0.3, 0.4) is 0 Å². The molecule has 1 amide bonds. The van der Waals surface area contributed by atoms with E-state index in [1.807, 2.05) is 17.0 Å². The Morgan fingerprint density at radius 2 is 2.19 bits per heavy atom. The lowest BCUT2D eigenvalue weighted by atomic mass is 10.2. The molecule has 0 aliphatic carbocycles. The highest BCUT2D eigenvalue weighted by molar-refractivity contribution is 5.86. The summed E-state index contributed by atoms with van der Waals surface area (Å²) in [5.41, 5.74) is 0.700. The molecule has 7 nitrogen and oxygen atoms in total. The van der Waals surface area contributed by atoms with Gasteiger partial charge in [0.15, 0.2) is 5.65 Å². The number of aromatic nitrogens is 3. The molecule has 0 spiro atoms. The highest BCUT2D eigenvalue weighted by Gasteiger charge is 2.35. The van der Waals surface area contributed by atoms with Gasteiger partial charge in [-0.3, -0.25) is 4.90 Å². The molecule has 0 N–H and O–H groups in total. The van der Waals surface area contributed by atoms with Gasteiger partial charge in [0.1, 0.15) is 18.8 Å². The van der Waals surface area contributed by atoms with Crippen LogP contribution in [0.2, 0.25) is 0 Å². The third-order valence-corrected chi connectivity index (χ3v) is 4.08. The van der Waals surface area contributed by atoms with Crippen LogP contribution in [0.1, 0.15) is 6.42 Å². The largest absolute Gasteiger partial charge is 0.448 e. The monoisotopic (exact) mass is 285 g/mol. The minimum Gasteiger partial charge on any atom is -0.448 e. The summed E-state index contributed by atoms with van der Waals surface area (Å²) in [7, 11) is 0. The van der Waals surface area contributed by atoms with Crippen molar-refractivity contribution >= 4 is 22.9 Å². The van der Waals surface area contributed by atoms with Crippen molar-refractivity contribution in [3.8, 4) is 0 Å². The molecule has 0 radical (unpaired) electrons. The van der Waals surface area contributed by atoms with E-state index in [1.54, 1.807) is 12.5 Å². The van der Waals surface area contributed by atoms with Gasteiger partial charge in [0, 0.05) is 19.3 Å². The van der Waals surface area contributed by atoms with Crippen molar-refractivity contribution in [2.75, 3.05) is 31.1 Å². The molecule has 2 saturated heterocycles. The van der Waals surface area contributed by atoms with Gasteiger partial charge in [-0.2, -0.15) is 0 Å². The first-order valence-corrected chi connectivity index (χ1v) is 7.07. The molecular formula is C14H15N5O2. The fourth-order valence-corrected chi connectivity index (χ4v) is 3.06. The number of ether oxygens (including phenoxy) is 1. The summed E-state index contributed by atoms with van der Waals surface area (Å²) in [6, 6.07) is 4.07. The number of hydrogen-bond acceptors (Lipinski definition) is 6. The van der Waals surface area contributed by atoms with Gasteiger partial charge in [-0.1, -0.05) is 0 Å². The summed E-state index contributed by atoms with van der Waals surface area (Å²) < 4.78 is 5.02. The maximum absolute atomic E-state index is 11.7. The predicted molar refractivity (Wildman–Crippen MR) is 76.0 cm³/mol. The van der Waals surface area contributed by atoms with Crippen LogP contribution in [-0.4, -0.2) is 58.2 Å². The minimum absolute atomic E-state index is 0.196. The van der Waals surface area contributed by atoms with Gasteiger partial charge in [0.2, 0.25) is 0 Å². The number of anilines is 1. The number of fused-ring (bicyclic) bond motifs is 1. The van der Waals surface area contributed by atoms with E-state index in [1.165, 1.54) is 0 Å². The Kier molecular flexibility index (Phi) is 2.83. The summed E-state index contributed by atoms with van der Waals surface area (Å²) in [6.45, 7) is 2.82. The lowest BCUT2D eigenvalue weighted by Gasteiger charge is -2.22. The second kappa shape index (κ2) is 4.83. The molecule has 7 heteroatoms. The first kappa shape index (κ1) is 12.3. The Bertz CT molecular complexity index is 687. The van der Waals surface area contributed by atoms with Crippen molar-refractivity contribution in [2.45, 2.75) is 12.5 Å². The van der Waals surface area contributed by atoms with Crippen molar-refractivity contribution in [3.05, 3.63) is 24.7 Å². The average molecular weight is 285 g/mol. The number of amides is 1. The van der Waals surface area contributed by atoms with Gasteiger partial charge in [-0.05, 0) is 18.6 Å². The highest BCUT2D eigenvalue weighted by atomic mass is 16.6. The minimum atomic E-state index is -0.198. The van der Waals surface area contributed by atoms with E-state index in [0.717, 1.165) is 30.7 Å². The normalized spacial score (nSPS) is 22.1. The Balaban J connectivity index is 1.61. The van der Waals surface area contributed by atoms with Gasteiger partial charge in [0.05, 0.1) is 18.0 Å². The fraction of sp³-hybridized carbons (Fsp3) is 0.429. The molecule has 0 aromatic carbocycles. The van der Waals surface area contributed by atoms with E-state index in [4.69, 9.17) is 4.74 Å². The topological polar surface area (TPSA) is 71.5 Å². The van der Waals surface area contributed by atoms with Crippen LogP contribution in [-0.2, 0) is 4.74 Å². The fourth-order valence-electron chi connectivity index (χ4n) is 3.06. The summed E-state index contributed by atoms with van der Waals surface area (Å²) in [4.78, 5) is 28.5. The van der Waals surface area contributed by atoms with E-state index in [0.29, 0.717) is 18.8 Å². The van der Waals surface area contributed by atoms with E-state index in [9.17, 15) is 4.79 Å². The van der Waals surface area contributed by atoms with Crippen molar-refractivity contribution < 1.29 is 9.53 Å². The number of carbonyl (C=O) groups is 1. The van der Waals surface area contributed by atoms with E-state index in [-0.39, 0.29) is 12.1 Å². The molecular weight excluding hydrogens is 270 g/mol. The van der Waals surface area contributed by atoms with Crippen LogP contribution in [0.15, 0.2) is 24.7 Å². The van der Waals surface area contributed by atoms with Crippen LogP contribution in [0, 0.1) is 0 Å². The molecule has 1 unspecified atom stereocenters. The van der Waals surface area contributed by atoms with E-state index < -0.39 is 0 Å². The zero-order valence-corrected chi connectivity index (χ0v) is 11.5. The third kappa shape index (κ3) is 2.05. The summed E-state index contributed by atoms with van der Waals surface area (Å²) in [5.74, 6) is 0.892. The molecule has 2 fully saturated rings. The highest BCUT2D eigenvalue weighted by Crippen LogP contribution is 2.27. The molecule has 0 saturated carbocycles. The van der Waals surface area contributed by atoms with Gasteiger partial charge < -0.3 is 9.64 Å². The first-order chi connectivity index (χ1) is 10.3.